The van der Waals surface area contributed by atoms with Crippen molar-refractivity contribution >= 4 is 5.91 Å². The number of rotatable bonds is 8. The van der Waals surface area contributed by atoms with Crippen molar-refractivity contribution in [1.29, 1.82) is 0 Å². The van der Waals surface area contributed by atoms with Crippen LogP contribution in [0, 0.1) is 0 Å². The Morgan fingerprint density at radius 2 is 1.97 bits per heavy atom. The van der Waals surface area contributed by atoms with Gasteiger partial charge in [-0.3, -0.25) is 14.5 Å². The van der Waals surface area contributed by atoms with Crippen LogP contribution >= 0.6 is 0 Å². The SMILES string of the molecule is O=C1NCCn2nc(-c3ccnc(-c4ccc(OCCNCCO)cc4)c3)cc21. The van der Waals surface area contributed by atoms with E-state index >= 15 is 0 Å². The van der Waals surface area contributed by atoms with E-state index in [2.05, 4.69) is 20.7 Å². The van der Waals surface area contributed by atoms with E-state index in [1.54, 1.807) is 10.9 Å². The van der Waals surface area contributed by atoms with Crippen molar-refractivity contribution in [3.63, 3.8) is 0 Å². The van der Waals surface area contributed by atoms with Crippen LogP contribution in [-0.4, -0.2) is 58.6 Å². The van der Waals surface area contributed by atoms with Gasteiger partial charge in [-0.15, -0.1) is 0 Å². The van der Waals surface area contributed by atoms with Crippen LogP contribution in [0.5, 0.6) is 5.75 Å². The van der Waals surface area contributed by atoms with Crippen LogP contribution in [0.1, 0.15) is 10.5 Å². The molecule has 0 saturated heterocycles. The smallest absolute Gasteiger partial charge is 0.269 e. The average molecular weight is 393 g/mol. The van der Waals surface area contributed by atoms with Crippen LogP contribution in [0.15, 0.2) is 48.7 Å². The van der Waals surface area contributed by atoms with E-state index in [-0.39, 0.29) is 12.5 Å². The van der Waals surface area contributed by atoms with Crippen molar-refractivity contribution in [3.05, 3.63) is 54.4 Å². The van der Waals surface area contributed by atoms with Crippen molar-refractivity contribution < 1.29 is 14.6 Å². The van der Waals surface area contributed by atoms with Crippen LogP contribution in [0.25, 0.3) is 22.5 Å². The Hall–Kier alpha value is -3.23. The number of pyridine rings is 1. The van der Waals surface area contributed by atoms with Crippen LogP contribution in [0.3, 0.4) is 0 Å². The Labute approximate surface area is 168 Å². The summed E-state index contributed by atoms with van der Waals surface area (Å²) >= 11 is 0. The van der Waals surface area contributed by atoms with E-state index in [9.17, 15) is 4.79 Å². The molecule has 2 aromatic heterocycles. The maximum absolute atomic E-state index is 12.0. The standard InChI is InChI=1S/C21H23N5O3/c27-11-8-22-9-12-29-17-3-1-15(2-4-17)18-13-16(5-6-23-18)19-14-20-21(28)24-7-10-26(20)25-19/h1-6,13-14,22,27H,7-12H2,(H,24,28). The molecule has 1 aliphatic rings. The minimum absolute atomic E-state index is 0.0913. The molecular formula is C21H23N5O3. The van der Waals surface area contributed by atoms with Gasteiger partial charge < -0.3 is 20.5 Å². The molecule has 150 valence electrons. The van der Waals surface area contributed by atoms with Crippen molar-refractivity contribution in [2.24, 2.45) is 0 Å². The first-order valence-corrected chi connectivity index (χ1v) is 9.62. The third-order valence-corrected chi connectivity index (χ3v) is 4.66. The van der Waals surface area contributed by atoms with Gasteiger partial charge in [0.25, 0.3) is 5.91 Å². The van der Waals surface area contributed by atoms with Crippen LogP contribution in [0.2, 0.25) is 0 Å². The maximum atomic E-state index is 12.0. The van der Waals surface area contributed by atoms with E-state index < -0.39 is 0 Å². The number of hydrogen-bond donors (Lipinski definition) is 3. The highest BCUT2D eigenvalue weighted by molar-refractivity contribution is 5.94. The van der Waals surface area contributed by atoms with Gasteiger partial charge in [0.15, 0.2) is 0 Å². The van der Waals surface area contributed by atoms with Gasteiger partial charge in [0.05, 0.1) is 24.5 Å². The lowest BCUT2D eigenvalue weighted by Crippen LogP contribution is -2.35. The van der Waals surface area contributed by atoms with Crippen molar-refractivity contribution in [3.8, 4) is 28.3 Å². The van der Waals surface area contributed by atoms with Crippen LogP contribution in [-0.2, 0) is 6.54 Å². The van der Waals surface area contributed by atoms with Gasteiger partial charge in [0, 0.05) is 37.0 Å². The highest BCUT2D eigenvalue weighted by atomic mass is 16.5. The molecule has 4 rings (SSSR count). The Bertz CT molecular complexity index is 984. The van der Waals surface area contributed by atoms with E-state index in [1.165, 1.54) is 0 Å². The Kier molecular flexibility index (Phi) is 5.83. The van der Waals surface area contributed by atoms with Gasteiger partial charge in [0.1, 0.15) is 18.1 Å². The summed E-state index contributed by atoms with van der Waals surface area (Å²) in [7, 11) is 0. The molecule has 1 aromatic carbocycles. The molecule has 29 heavy (non-hydrogen) atoms. The van der Waals surface area contributed by atoms with E-state index in [1.807, 2.05) is 42.5 Å². The molecule has 0 aliphatic carbocycles. The molecule has 0 spiro atoms. The van der Waals surface area contributed by atoms with E-state index in [0.29, 0.717) is 38.5 Å². The van der Waals surface area contributed by atoms with E-state index in [0.717, 1.165) is 28.3 Å². The van der Waals surface area contributed by atoms with Crippen molar-refractivity contribution in [1.82, 2.24) is 25.4 Å². The number of carbonyl (C=O) groups is 1. The molecular weight excluding hydrogens is 370 g/mol. The number of hydrogen-bond acceptors (Lipinski definition) is 6. The summed E-state index contributed by atoms with van der Waals surface area (Å²) < 4.78 is 7.42. The predicted octanol–water partition coefficient (Wildman–Crippen LogP) is 1.32. The number of aliphatic hydroxyl groups is 1. The minimum Gasteiger partial charge on any atom is -0.492 e. The lowest BCUT2D eigenvalue weighted by molar-refractivity contribution is 0.0924. The van der Waals surface area contributed by atoms with Gasteiger partial charge in [-0.1, -0.05) is 0 Å². The quantitative estimate of drug-likeness (QED) is 0.499. The second kappa shape index (κ2) is 8.85. The van der Waals surface area contributed by atoms with Gasteiger partial charge in [-0.05, 0) is 42.5 Å². The maximum Gasteiger partial charge on any atom is 0.269 e. The number of ether oxygens (including phenoxy) is 1. The Morgan fingerprint density at radius 1 is 1.10 bits per heavy atom. The number of amides is 1. The molecule has 3 N–H and O–H groups in total. The molecule has 0 bridgehead atoms. The first-order chi connectivity index (χ1) is 14.2. The molecule has 0 atom stereocenters. The fourth-order valence-corrected chi connectivity index (χ4v) is 3.19. The Balaban J connectivity index is 1.47. The Morgan fingerprint density at radius 3 is 2.76 bits per heavy atom. The number of nitrogens with zero attached hydrogens (tertiary/aromatic N) is 3. The fraction of sp³-hybridized carbons (Fsp3) is 0.286. The zero-order chi connectivity index (χ0) is 20.1. The molecule has 0 unspecified atom stereocenters. The first kappa shape index (κ1) is 19.1. The molecule has 0 fully saturated rings. The minimum atomic E-state index is -0.0913. The lowest BCUT2D eigenvalue weighted by atomic mass is 10.1. The van der Waals surface area contributed by atoms with Gasteiger partial charge in [0.2, 0.25) is 0 Å². The normalized spacial score (nSPS) is 13.1. The van der Waals surface area contributed by atoms with Crippen molar-refractivity contribution in [2.75, 3.05) is 32.8 Å². The van der Waals surface area contributed by atoms with Gasteiger partial charge in [-0.25, -0.2) is 0 Å². The summed E-state index contributed by atoms with van der Waals surface area (Å²) in [6, 6.07) is 13.4. The summed E-state index contributed by atoms with van der Waals surface area (Å²) in [6.45, 7) is 3.17. The molecule has 1 aliphatic heterocycles. The number of fused-ring (bicyclic) bond motifs is 1. The monoisotopic (exact) mass is 393 g/mol. The molecule has 3 aromatic rings. The summed E-state index contributed by atoms with van der Waals surface area (Å²) in [4.78, 5) is 16.4. The molecule has 8 heteroatoms. The van der Waals surface area contributed by atoms with Crippen molar-refractivity contribution in [2.45, 2.75) is 6.54 Å². The largest absolute Gasteiger partial charge is 0.492 e. The van der Waals surface area contributed by atoms with Gasteiger partial charge in [-0.2, -0.15) is 5.10 Å². The molecule has 0 radical (unpaired) electrons. The fourth-order valence-electron chi connectivity index (χ4n) is 3.19. The first-order valence-electron chi connectivity index (χ1n) is 9.62. The third-order valence-electron chi connectivity index (χ3n) is 4.66. The van der Waals surface area contributed by atoms with Crippen LogP contribution < -0.4 is 15.4 Å². The molecule has 1 amide bonds. The number of nitrogens with one attached hydrogen (secondary N) is 2. The lowest BCUT2D eigenvalue weighted by Gasteiger charge is -2.13. The summed E-state index contributed by atoms with van der Waals surface area (Å²) in [5.41, 5.74) is 4.06. The number of carbonyl (C=O) groups excluding carboxylic acids is 1. The summed E-state index contributed by atoms with van der Waals surface area (Å²) in [5, 5.41) is 19.2. The summed E-state index contributed by atoms with van der Waals surface area (Å²) in [6.07, 6.45) is 1.75. The zero-order valence-electron chi connectivity index (χ0n) is 16.0. The highest BCUT2D eigenvalue weighted by Crippen LogP contribution is 2.26. The zero-order valence-corrected chi connectivity index (χ0v) is 16.0. The third kappa shape index (κ3) is 4.44. The van der Waals surface area contributed by atoms with E-state index in [4.69, 9.17) is 9.84 Å². The molecule has 0 saturated carbocycles. The number of benzene rings is 1. The van der Waals surface area contributed by atoms with Gasteiger partial charge >= 0.3 is 0 Å². The molecule has 3 heterocycles. The second-order valence-electron chi connectivity index (χ2n) is 6.67. The summed E-state index contributed by atoms with van der Waals surface area (Å²) in [5.74, 6) is 0.690. The number of aliphatic hydroxyl groups excluding tert-OH is 1. The molecule has 8 nitrogen and oxygen atoms in total. The highest BCUT2D eigenvalue weighted by Gasteiger charge is 2.19. The second-order valence-corrected chi connectivity index (χ2v) is 6.67. The van der Waals surface area contributed by atoms with Crippen LogP contribution in [0.4, 0.5) is 0 Å². The predicted molar refractivity (Wildman–Crippen MR) is 109 cm³/mol. The number of aromatic nitrogens is 3. The topological polar surface area (TPSA) is 101 Å². The average Bonchev–Trinajstić information content (AvgIpc) is 3.20.